The van der Waals surface area contributed by atoms with Crippen LogP contribution >= 0.6 is 0 Å². The second-order valence-corrected chi connectivity index (χ2v) is 9.16. The van der Waals surface area contributed by atoms with E-state index >= 15 is 0 Å². The second kappa shape index (κ2) is 11.4. The van der Waals surface area contributed by atoms with E-state index in [1.807, 2.05) is 20.8 Å². The van der Waals surface area contributed by atoms with Crippen molar-refractivity contribution >= 4 is 18.0 Å². The number of hydrogen-bond acceptors (Lipinski definition) is 5. The molecule has 0 aromatic heterocycles. The number of rotatable bonds is 8. The van der Waals surface area contributed by atoms with Gasteiger partial charge in [0.1, 0.15) is 5.60 Å². The maximum absolute atomic E-state index is 12.1. The highest BCUT2D eigenvalue weighted by molar-refractivity contribution is 5.80. The number of hydrogen-bond donors (Lipinski definition) is 3. The normalized spacial score (nSPS) is 19.2. The van der Waals surface area contributed by atoms with Crippen LogP contribution in [0.15, 0.2) is 4.99 Å². The molecule has 9 heteroatoms. The first kappa shape index (κ1) is 24.2. The van der Waals surface area contributed by atoms with E-state index in [0.717, 1.165) is 57.8 Å². The van der Waals surface area contributed by atoms with E-state index in [1.165, 1.54) is 0 Å². The Balaban J connectivity index is 1.75. The predicted molar refractivity (Wildman–Crippen MR) is 119 cm³/mol. The molecule has 1 saturated heterocycles. The Bertz CT molecular complexity index is 592. The van der Waals surface area contributed by atoms with Crippen LogP contribution in [-0.2, 0) is 9.53 Å². The minimum Gasteiger partial charge on any atom is -0.444 e. The molecule has 1 atom stereocenters. The Morgan fingerprint density at radius 3 is 2.37 bits per heavy atom. The first-order valence-corrected chi connectivity index (χ1v) is 11.2. The van der Waals surface area contributed by atoms with Crippen molar-refractivity contribution < 1.29 is 14.3 Å². The monoisotopic (exact) mass is 424 g/mol. The molecule has 0 spiro atoms. The van der Waals surface area contributed by atoms with Crippen molar-refractivity contribution in [3.05, 3.63) is 0 Å². The van der Waals surface area contributed by atoms with Crippen molar-refractivity contribution in [2.24, 2.45) is 4.99 Å². The fourth-order valence-electron chi connectivity index (χ4n) is 3.42. The quantitative estimate of drug-likeness (QED) is 0.399. The third-order valence-electron chi connectivity index (χ3n) is 5.06. The van der Waals surface area contributed by atoms with Crippen molar-refractivity contribution in [1.29, 1.82) is 0 Å². The third kappa shape index (κ3) is 9.19. The van der Waals surface area contributed by atoms with Crippen LogP contribution in [0.3, 0.4) is 0 Å². The van der Waals surface area contributed by atoms with Crippen molar-refractivity contribution in [3.8, 4) is 0 Å². The van der Waals surface area contributed by atoms with Gasteiger partial charge in [-0.15, -0.1) is 0 Å². The van der Waals surface area contributed by atoms with Gasteiger partial charge in [0.15, 0.2) is 5.96 Å². The van der Waals surface area contributed by atoms with Gasteiger partial charge in [0.05, 0.1) is 6.54 Å². The predicted octanol–water partition coefficient (Wildman–Crippen LogP) is 1.15. The summed E-state index contributed by atoms with van der Waals surface area (Å²) in [6, 6.07) is 0.376. The number of amides is 2. The molecule has 1 heterocycles. The number of piperazine rings is 1. The second-order valence-electron chi connectivity index (χ2n) is 9.16. The summed E-state index contributed by atoms with van der Waals surface area (Å²) in [6.07, 6.45) is 3.65. The zero-order valence-corrected chi connectivity index (χ0v) is 19.3. The SMILES string of the molecule is CCCC(CNC(=NC)N1CCN(CC(=O)NC2CC2)CC1)NC(=O)OC(C)(C)C. The lowest BCUT2D eigenvalue weighted by atomic mass is 10.1. The van der Waals surface area contributed by atoms with Crippen LogP contribution < -0.4 is 16.0 Å². The Kier molecular flexibility index (Phi) is 9.20. The van der Waals surface area contributed by atoms with Gasteiger partial charge < -0.3 is 25.6 Å². The van der Waals surface area contributed by atoms with Gasteiger partial charge in [-0.2, -0.15) is 0 Å². The molecule has 2 fully saturated rings. The molecule has 0 aromatic carbocycles. The van der Waals surface area contributed by atoms with E-state index in [4.69, 9.17) is 4.74 Å². The first-order chi connectivity index (χ1) is 14.2. The number of aliphatic imine (C=N–C) groups is 1. The summed E-state index contributed by atoms with van der Waals surface area (Å²) in [5.74, 6) is 0.952. The van der Waals surface area contributed by atoms with Gasteiger partial charge in [0, 0.05) is 51.9 Å². The molecule has 1 aliphatic carbocycles. The molecule has 1 saturated carbocycles. The highest BCUT2D eigenvalue weighted by atomic mass is 16.6. The molecule has 172 valence electrons. The van der Waals surface area contributed by atoms with Crippen molar-refractivity contribution in [1.82, 2.24) is 25.8 Å². The van der Waals surface area contributed by atoms with Crippen LogP contribution in [0.5, 0.6) is 0 Å². The molecule has 2 rings (SSSR count). The van der Waals surface area contributed by atoms with Crippen LogP contribution in [0.1, 0.15) is 53.4 Å². The molecule has 9 nitrogen and oxygen atoms in total. The lowest BCUT2D eigenvalue weighted by molar-refractivity contribution is -0.122. The lowest BCUT2D eigenvalue weighted by Crippen LogP contribution is -2.55. The van der Waals surface area contributed by atoms with Gasteiger partial charge in [-0.25, -0.2) is 4.79 Å². The molecule has 0 bridgehead atoms. The lowest BCUT2D eigenvalue weighted by Gasteiger charge is -2.36. The van der Waals surface area contributed by atoms with Crippen molar-refractivity contribution in [2.45, 2.75) is 71.1 Å². The Hall–Kier alpha value is -2.03. The molecule has 30 heavy (non-hydrogen) atoms. The maximum atomic E-state index is 12.1. The maximum Gasteiger partial charge on any atom is 0.407 e. The topological polar surface area (TPSA) is 98.3 Å². The standard InChI is InChI=1S/C21H40N6O3/c1-6-7-17(25-20(29)30-21(2,3)4)14-23-19(22-5)27-12-10-26(11-13-27)15-18(28)24-16-8-9-16/h16-17H,6-15H2,1-5H3,(H,22,23)(H,24,28)(H,25,29). The average molecular weight is 425 g/mol. The summed E-state index contributed by atoms with van der Waals surface area (Å²) in [6.45, 7) is 12.0. The van der Waals surface area contributed by atoms with Crippen LogP contribution in [0.2, 0.25) is 0 Å². The van der Waals surface area contributed by atoms with Crippen LogP contribution in [0, 0.1) is 0 Å². The fraction of sp³-hybridized carbons (Fsp3) is 0.857. The van der Waals surface area contributed by atoms with Gasteiger partial charge in [-0.1, -0.05) is 13.3 Å². The molecule has 2 aliphatic rings. The fourth-order valence-corrected chi connectivity index (χ4v) is 3.42. The van der Waals surface area contributed by atoms with E-state index in [0.29, 0.717) is 19.1 Å². The van der Waals surface area contributed by atoms with Crippen LogP contribution in [0.25, 0.3) is 0 Å². The zero-order chi connectivity index (χ0) is 22.1. The minimum atomic E-state index is -0.514. The summed E-state index contributed by atoms with van der Waals surface area (Å²) in [4.78, 5) is 32.9. The van der Waals surface area contributed by atoms with Gasteiger partial charge in [0.25, 0.3) is 0 Å². The molecule has 0 radical (unpaired) electrons. The first-order valence-electron chi connectivity index (χ1n) is 11.2. The molecule has 0 aromatic rings. The number of guanidine groups is 1. The molecular formula is C21H40N6O3. The summed E-state index contributed by atoms with van der Waals surface area (Å²) in [5.41, 5.74) is -0.514. The molecule has 1 unspecified atom stereocenters. The van der Waals surface area contributed by atoms with E-state index in [9.17, 15) is 9.59 Å². The Morgan fingerprint density at radius 2 is 1.83 bits per heavy atom. The van der Waals surface area contributed by atoms with Crippen LogP contribution in [0.4, 0.5) is 4.79 Å². The summed E-state index contributed by atoms with van der Waals surface area (Å²) < 4.78 is 5.38. The Labute approximate surface area is 181 Å². The third-order valence-corrected chi connectivity index (χ3v) is 5.06. The number of nitrogens with zero attached hydrogens (tertiary/aromatic N) is 3. The minimum absolute atomic E-state index is 0.0333. The Morgan fingerprint density at radius 1 is 1.17 bits per heavy atom. The van der Waals surface area contributed by atoms with Crippen LogP contribution in [-0.4, -0.2) is 91.8 Å². The van der Waals surface area contributed by atoms with E-state index in [1.54, 1.807) is 7.05 Å². The molecule has 3 N–H and O–H groups in total. The molecule has 1 aliphatic heterocycles. The van der Waals surface area contributed by atoms with Gasteiger partial charge in [0.2, 0.25) is 5.91 Å². The van der Waals surface area contributed by atoms with Crippen molar-refractivity contribution in [2.75, 3.05) is 46.3 Å². The van der Waals surface area contributed by atoms with E-state index in [2.05, 4.69) is 37.7 Å². The zero-order valence-electron chi connectivity index (χ0n) is 19.3. The number of nitrogens with one attached hydrogen (secondary N) is 3. The van der Waals surface area contributed by atoms with E-state index in [-0.39, 0.29) is 11.9 Å². The molecular weight excluding hydrogens is 384 g/mol. The number of ether oxygens (including phenoxy) is 1. The average Bonchev–Trinajstić information content (AvgIpc) is 3.45. The number of carbonyl (C=O) groups is 2. The number of alkyl carbamates (subject to hydrolysis) is 1. The highest BCUT2D eigenvalue weighted by Crippen LogP contribution is 2.18. The largest absolute Gasteiger partial charge is 0.444 e. The van der Waals surface area contributed by atoms with Crippen molar-refractivity contribution in [3.63, 3.8) is 0 Å². The summed E-state index contributed by atoms with van der Waals surface area (Å²) >= 11 is 0. The van der Waals surface area contributed by atoms with Gasteiger partial charge in [-0.3, -0.25) is 14.7 Å². The smallest absolute Gasteiger partial charge is 0.407 e. The van der Waals surface area contributed by atoms with E-state index < -0.39 is 11.7 Å². The summed E-state index contributed by atoms with van der Waals surface area (Å²) in [7, 11) is 1.77. The number of carbonyl (C=O) groups excluding carboxylic acids is 2. The van der Waals surface area contributed by atoms with Gasteiger partial charge in [-0.05, 0) is 40.0 Å². The summed E-state index contributed by atoms with van der Waals surface area (Å²) in [5, 5.41) is 9.39. The molecule has 2 amide bonds. The van der Waals surface area contributed by atoms with Gasteiger partial charge >= 0.3 is 6.09 Å². The highest BCUT2D eigenvalue weighted by Gasteiger charge is 2.26.